The van der Waals surface area contributed by atoms with Gasteiger partial charge >= 0.3 is 0 Å². The summed E-state index contributed by atoms with van der Waals surface area (Å²) in [5.74, 6) is 6.86. The third kappa shape index (κ3) is 3.43. The molecule has 160 valence electrons. The standard InChI is InChI=1S/C28H48/c1-19(2)8-7-9-21(4)24-12-13-25-23-11-10-22-18-20(3)14-16-27(22,5)26(23)15-17-28(24,25)6/h19,21-26H,3,7-18H2,1-2,4-6H3/t21-,22+,23?,24?,25?,26?,27+,28-/m1/s1. The summed E-state index contributed by atoms with van der Waals surface area (Å²) in [5, 5.41) is 0. The number of allylic oxidation sites excluding steroid dienone is 1. The minimum atomic E-state index is 0.631. The Morgan fingerprint density at radius 3 is 2.39 bits per heavy atom. The van der Waals surface area contributed by atoms with Crippen LogP contribution in [0.25, 0.3) is 0 Å². The smallest absolute Gasteiger partial charge is 0.0260 e. The molecule has 8 atom stereocenters. The number of hydrogen-bond donors (Lipinski definition) is 0. The fraction of sp³-hybridized carbons (Fsp3) is 0.929. The zero-order valence-corrected chi connectivity index (χ0v) is 19.7. The lowest BCUT2D eigenvalue weighted by molar-refractivity contribution is -0.109. The Labute approximate surface area is 176 Å². The van der Waals surface area contributed by atoms with Crippen molar-refractivity contribution in [2.75, 3.05) is 0 Å². The minimum Gasteiger partial charge on any atom is -0.0999 e. The first kappa shape index (κ1) is 21.0. The van der Waals surface area contributed by atoms with Gasteiger partial charge in [-0.15, -0.1) is 0 Å². The average molecular weight is 385 g/mol. The summed E-state index contributed by atoms with van der Waals surface area (Å²) in [6.45, 7) is 17.2. The minimum absolute atomic E-state index is 0.631. The van der Waals surface area contributed by atoms with Crippen LogP contribution >= 0.6 is 0 Å². The lowest BCUT2D eigenvalue weighted by atomic mass is 9.44. The van der Waals surface area contributed by atoms with E-state index in [1.807, 2.05) is 0 Å². The second kappa shape index (κ2) is 7.77. The molecule has 0 heteroatoms. The van der Waals surface area contributed by atoms with Crippen LogP contribution in [-0.4, -0.2) is 0 Å². The molecule has 0 bridgehead atoms. The molecule has 0 saturated heterocycles. The zero-order chi connectivity index (χ0) is 20.1. The van der Waals surface area contributed by atoms with Crippen molar-refractivity contribution in [3.8, 4) is 0 Å². The highest BCUT2D eigenvalue weighted by Gasteiger charge is 2.60. The van der Waals surface area contributed by atoms with Crippen molar-refractivity contribution in [3.63, 3.8) is 0 Å². The summed E-state index contributed by atoms with van der Waals surface area (Å²) in [6.07, 6.45) is 17.6. The van der Waals surface area contributed by atoms with E-state index in [0.717, 1.165) is 41.4 Å². The molecule has 0 amide bonds. The van der Waals surface area contributed by atoms with Crippen LogP contribution in [0, 0.1) is 52.3 Å². The maximum atomic E-state index is 4.37. The molecule has 0 aromatic heterocycles. The summed E-state index contributed by atoms with van der Waals surface area (Å²) in [6, 6.07) is 0. The van der Waals surface area contributed by atoms with E-state index in [4.69, 9.17) is 0 Å². The van der Waals surface area contributed by atoms with E-state index in [0.29, 0.717) is 10.8 Å². The van der Waals surface area contributed by atoms with Crippen molar-refractivity contribution < 1.29 is 0 Å². The van der Waals surface area contributed by atoms with Gasteiger partial charge in [0.1, 0.15) is 0 Å². The van der Waals surface area contributed by atoms with Gasteiger partial charge in [0.05, 0.1) is 0 Å². The molecule has 0 spiro atoms. The maximum absolute atomic E-state index is 4.37. The van der Waals surface area contributed by atoms with E-state index in [-0.39, 0.29) is 0 Å². The molecule has 4 unspecified atom stereocenters. The van der Waals surface area contributed by atoms with Crippen molar-refractivity contribution in [1.29, 1.82) is 0 Å². The monoisotopic (exact) mass is 384 g/mol. The molecule has 4 aliphatic rings. The molecule has 0 nitrogen and oxygen atoms in total. The molecule has 4 fully saturated rings. The normalized spacial score (nSPS) is 46.8. The van der Waals surface area contributed by atoms with Gasteiger partial charge in [0, 0.05) is 0 Å². The third-order valence-electron chi connectivity index (χ3n) is 10.8. The second-order valence-corrected chi connectivity index (χ2v) is 12.6. The van der Waals surface area contributed by atoms with Crippen LogP contribution in [0.1, 0.15) is 112 Å². The van der Waals surface area contributed by atoms with E-state index in [1.54, 1.807) is 12.0 Å². The first-order valence-electron chi connectivity index (χ1n) is 12.9. The molecule has 0 radical (unpaired) electrons. The number of hydrogen-bond acceptors (Lipinski definition) is 0. The molecule has 4 saturated carbocycles. The second-order valence-electron chi connectivity index (χ2n) is 12.6. The van der Waals surface area contributed by atoms with E-state index < -0.39 is 0 Å². The highest BCUT2D eigenvalue weighted by Crippen LogP contribution is 2.68. The van der Waals surface area contributed by atoms with E-state index in [9.17, 15) is 0 Å². The SMILES string of the molecule is C=C1CC[C@]2(C)C3CC[C@@]4(C)C(CCC4[C@H](C)CCCC(C)C)C3CC[C@H]2C1. The van der Waals surface area contributed by atoms with Gasteiger partial charge in [-0.3, -0.25) is 0 Å². The van der Waals surface area contributed by atoms with Crippen LogP contribution in [0.2, 0.25) is 0 Å². The number of fused-ring (bicyclic) bond motifs is 5. The summed E-state index contributed by atoms with van der Waals surface area (Å²) in [5.41, 5.74) is 2.84. The fourth-order valence-corrected chi connectivity index (χ4v) is 9.18. The average Bonchev–Trinajstić information content (AvgIpc) is 2.99. The first-order chi connectivity index (χ1) is 13.3. The highest BCUT2D eigenvalue weighted by molar-refractivity contribution is 5.13. The molecule has 0 heterocycles. The lowest BCUT2D eigenvalue weighted by Crippen LogP contribution is -2.53. The zero-order valence-electron chi connectivity index (χ0n) is 19.7. The number of rotatable bonds is 5. The highest BCUT2D eigenvalue weighted by atomic mass is 14.6. The summed E-state index contributed by atoms with van der Waals surface area (Å²) >= 11 is 0. The molecular formula is C28H48. The van der Waals surface area contributed by atoms with Gasteiger partial charge in [0.2, 0.25) is 0 Å². The van der Waals surface area contributed by atoms with Gasteiger partial charge < -0.3 is 0 Å². The van der Waals surface area contributed by atoms with Crippen LogP contribution in [0.15, 0.2) is 12.2 Å². The van der Waals surface area contributed by atoms with Gasteiger partial charge in [0.15, 0.2) is 0 Å². The largest absolute Gasteiger partial charge is 0.0999 e. The summed E-state index contributed by atoms with van der Waals surface area (Å²) < 4.78 is 0. The van der Waals surface area contributed by atoms with Crippen molar-refractivity contribution in [3.05, 3.63) is 12.2 Å². The lowest BCUT2D eigenvalue weighted by Gasteiger charge is -2.61. The first-order valence-corrected chi connectivity index (χ1v) is 12.9. The summed E-state index contributed by atoms with van der Waals surface area (Å²) in [7, 11) is 0. The van der Waals surface area contributed by atoms with E-state index >= 15 is 0 Å². The van der Waals surface area contributed by atoms with Crippen molar-refractivity contribution in [1.82, 2.24) is 0 Å². The molecular weight excluding hydrogens is 336 g/mol. The fourth-order valence-electron chi connectivity index (χ4n) is 9.18. The van der Waals surface area contributed by atoms with Crippen LogP contribution in [0.4, 0.5) is 0 Å². The van der Waals surface area contributed by atoms with Crippen molar-refractivity contribution >= 4 is 0 Å². The molecule has 4 aliphatic carbocycles. The van der Waals surface area contributed by atoms with Crippen LogP contribution in [0.5, 0.6) is 0 Å². The molecule has 28 heavy (non-hydrogen) atoms. The molecule has 4 rings (SSSR count). The van der Waals surface area contributed by atoms with Gasteiger partial charge in [0.25, 0.3) is 0 Å². The Balaban J connectivity index is 1.47. The van der Waals surface area contributed by atoms with Gasteiger partial charge in [-0.2, -0.15) is 0 Å². The molecule has 0 N–H and O–H groups in total. The Hall–Kier alpha value is -0.260. The topological polar surface area (TPSA) is 0 Å². The van der Waals surface area contributed by atoms with Gasteiger partial charge in [-0.05, 0) is 110 Å². The Kier molecular flexibility index (Phi) is 5.83. The van der Waals surface area contributed by atoms with Gasteiger partial charge in [-0.1, -0.05) is 66.0 Å². The molecule has 0 aliphatic heterocycles. The van der Waals surface area contributed by atoms with Crippen LogP contribution in [0.3, 0.4) is 0 Å². The maximum Gasteiger partial charge on any atom is -0.0260 e. The summed E-state index contributed by atoms with van der Waals surface area (Å²) in [4.78, 5) is 0. The van der Waals surface area contributed by atoms with Crippen LogP contribution in [-0.2, 0) is 0 Å². The molecule has 0 aromatic carbocycles. The van der Waals surface area contributed by atoms with E-state index in [1.165, 1.54) is 70.6 Å². The third-order valence-corrected chi connectivity index (χ3v) is 10.8. The Morgan fingerprint density at radius 2 is 1.64 bits per heavy atom. The van der Waals surface area contributed by atoms with Crippen molar-refractivity contribution in [2.45, 2.75) is 112 Å². The molecule has 0 aromatic rings. The van der Waals surface area contributed by atoms with Gasteiger partial charge in [-0.25, -0.2) is 0 Å². The Bertz CT molecular complexity index is 573. The Morgan fingerprint density at radius 1 is 0.893 bits per heavy atom. The van der Waals surface area contributed by atoms with Crippen molar-refractivity contribution in [2.24, 2.45) is 52.3 Å². The van der Waals surface area contributed by atoms with E-state index in [2.05, 4.69) is 41.2 Å². The van der Waals surface area contributed by atoms with Crippen LogP contribution < -0.4 is 0 Å². The quantitative estimate of drug-likeness (QED) is 0.416. The predicted molar refractivity (Wildman–Crippen MR) is 122 cm³/mol. The predicted octanol–water partition coefficient (Wildman–Crippen LogP) is 8.66.